The van der Waals surface area contributed by atoms with Crippen molar-refractivity contribution in [3.05, 3.63) is 35.4 Å². The quantitative estimate of drug-likeness (QED) is 0.875. The molecule has 0 aliphatic carbocycles. The van der Waals surface area contributed by atoms with Crippen LogP contribution in [-0.2, 0) is 11.3 Å². The number of benzene rings is 1. The maximum Gasteiger partial charge on any atom is 0.220 e. The van der Waals surface area contributed by atoms with Crippen LogP contribution in [0.3, 0.4) is 0 Å². The van der Waals surface area contributed by atoms with Gasteiger partial charge >= 0.3 is 0 Å². The molecule has 2 N–H and O–H groups in total. The molecule has 1 aromatic carbocycles. The fourth-order valence-corrected chi connectivity index (χ4v) is 3.10. The molecule has 0 spiro atoms. The van der Waals surface area contributed by atoms with Crippen LogP contribution in [0.15, 0.2) is 24.3 Å². The average Bonchev–Trinajstić information content (AvgIpc) is 2.95. The third-order valence-electron chi connectivity index (χ3n) is 5.09. The highest BCUT2D eigenvalue weighted by molar-refractivity contribution is 5.77. The summed E-state index contributed by atoms with van der Waals surface area (Å²) in [6, 6.07) is 9.32. The number of carbonyl (C=O) groups is 1. The van der Waals surface area contributed by atoms with E-state index in [1.54, 1.807) is 0 Å². The van der Waals surface area contributed by atoms with Crippen LogP contribution in [0.25, 0.3) is 0 Å². The van der Waals surface area contributed by atoms with E-state index in [-0.39, 0.29) is 17.7 Å². The van der Waals surface area contributed by atoms with E-state index in [0.29, 0.717) is 6.04 Å². The number of nitrogens with two attached hydrogens (primary N) is 1. The van der Waals surface area contributed by atoms with Crippen molar-refractivity contribution in [2.45, 2.75) is 38.8 Å². The lowest BCUT2D eigenvalue weighted by molar-refractivity contribution is -0.121. The summed E-state index contributed by atoms with van der Waals surface area (Å²) < 4.78 is 0. The van der Waals surface area contributed by atoms with Crippen molar-refractivity contribution in [3.63, 3.8) is 0 Å². The van der Waals surface area contributed by atoms with Crippen molar-refractivity contribution in [2.75, 3.05) is 27.2 Å². The predicted octanol–water partition coefficient (Wildman–Crippen LogP) is 2.05. The minimum absolute atomic E-state index is 0.134. The van der Waals surface area contributed by atoms with Crippen LogP contribution in [0.2, 0.25) is 0 Å². The van der Waals surface area contributed by atoms with E-state index in [4.69, 9.17) is 5.73 Å². The van der Waals surface area contributed by atoms with Crippen LogP contribution in [0.4, 0.5) is 0 Å². The number of primary amides is 1. The molecule has 4 nitrogen and oxygen atoms in total. The first-order valence-electron chi connectivity index (χ1n) is 8.15. The second-order valence-corrected chi connectivity index (χ2v) is 6.86. The Morgan fingerprint density at radius 3 is 2.45 bits per heavy atom. The maximum absolute atomic E-state index is 11.3. The number of hydrogen-bond donors (Lipinski definition) is 1. The predicted molar refractivity (Wildman–Crippen MR) is 90.6 cm³/mol. The Balaban J connectivity index is 1.94. The number of likely N-dealkylation sites (N-methyl/N-ethyl adjacent to an activating group) is 1. The minimum Gasteiger partial charge on any atom is -0.369 e. The Morgan fingerprint density at radius 2 is 1.95 bits per heavy atom. The molecule has 1 fully saturated rings. The van der Waals surface area contributed by atoms with E-state index in [1.807, 2.05) is 6.92 Å². The molecular formula is C18H29N3O. The molecule has 2 unspecified atom stereocenters. The Bertz CT molecular complexity index is 498. The molecule has 1 aliphatic rings. The van der Waals surface area contributed by atoms with E-state index < -0.39 is 0 Å². The summed E-state index contributed by atoms with van der Waals surface area (Å²) in [6.45, 7) is 7.27. The lowest BCUT2D eigenvalue weighted by Gasteiger charge is -2.21. The molecule has 1 saturated heterocycles. The van der Waals surface area contributed by atoms with Gasteiger partial charge in [-0.25, -0.2) is 0 Å². The molecule has 122 valence electrons. The molecule has 4 heteroatoms. The number of nitrogens with zero attached hydrogens (tertiary/aromatic N) is 2. The van der Waals surface area contributed by atoms with Gasteiger partial charge in [-0.2, -0.15) is 0 Å². The number of amides is 1. The molecular weight excluding hydrogens is 274 g/mol. The van der Waals surface area contributed by atoms with Gasteiger partial charge in [0.2, 0.25) is 5.91 Å². The molecule has 1 aromatic rings. The zero-order chi connectivity index (χ0) is 16.3. The van der Waals surface area contributed by atoms with Crippen LogP contribution in [0, 0.1) is 5.92 Å². The second-order valence-electron chi connectivity index (χ2n) is 6.86. The molecule has 0 bridgehead atoms. The number of rotatable bonds is 6. The third-order valence-corrected chi connectivity index (χ3v) is 5.09. The zero-order valence-corrected chi connectivity index (χ0v) is 14.2. The number of likely N-dealkylation sites (tertiary alicyclic amines) is 1. The Kier molecular flexibility index (Phi) is 5.59. The molecule has 1 heterocycles. The zero-order valence-electron chi connectivity index (χ0n) is 14.2. The summed E-state index contributed by atoms with van der Waals surface area (Å²) in [7, 11) is 4.31. The Hall–Kier alpha value is -1.39. The van der Waals surface area contributed by atoms with Crippen molar-refractivity contribution < 1.29 is 4.79 Å². The summed E-state index contributed by atoms with van der Waals surface area (Å²) in [5, 5.41) is 0. The first kappa shape index (κ1) is 17.0. The van der Waals surface area contributed by atoms with E-state index in [9.17, 15) is 4.79 Å². The third kappa shape index (κ3) is 4.08. The van der Waals surface area contributed by atoms with Gasteiger partial charge < -0.3 is 10.6 Å². The van der Waals surface area contributed by atoms with Crippen molar-refractivity contribution in [3.8, 4) is 0 Å². The van der Waals surface area contributed by atoms with Crippen LogP contribution < -0.4 is 5.73 Å². The molecule has 3 atom stereocenters. The van der Waals surface area contributed by atoms with E-state index in [0.717, 1.165) is 13.1 Å². The molecule has 22 heavy (non-hydrogen) atoms. The van der Waals surface area contributed by atoms with E-state index in [2.05, 4.69) is 55.1 Å². The summed E-state index contributed by atoms with van der Waals surface area (Å²) >= 11 is 0. The SMILES string of the molecule is CC(C(N)=O)[C@H](C)c1ccc(CN2CCC(N(C)C)C2)cc1. The lowest BCUT2D eigenvalue weighted by atomic mass is 9.88. The van der Waals surface area contributed by atoms with Gasteiger partial charge in [-0.15, -0.1) is 0 Å². The summed E-state index contributed by atoms with van der Waals surface area (Å²) in [5.74, 6) is -0.204. The fourth-order valence-electron chi connectivity index (χ4n) is 3.10. The molecule has 1 amide bonds. The molecule has 0 radical (unpaired) electrons. The van der Waals surface area contributed by atoms with Gasteiger partial charge in [0, 0.05) is 31.6 Å². The topological polar surface area (TPSA) is 49.6 Å². The number of carbonyl (C=O) groups excluding carboxylic acids is 1. The van der Waals surface area contributed by atoms with E-state index in [1.165, 1.54) is 24.1 Å². The van der Waals surface area contributed by atoms with Gasteiger partial charge in [-0.05, 0) is 37.6 Å². The Labute approximate surface area is 134 Å². The van der Waals surface area contributed by atoms with Crippen molar-refractivity contribution >= 4 is 5.91 Å². The highest BCUT2D eigenvalue weighted by Gasteiger charge is 2.24. The highest BCUT2D eigenvalue weighted by atomic mass is 16.1. The van der Waals surface area contributed by atoms with Crippen LogP contribution >= 0.6 is 0 Å². The second kappa shape index (κ2) is 7.25. The maximum atomic E-state index is 11.3. The van der Waals surface area contributed by atoms with Gasteiger partial charge in [0.25, 0.3) is 0 Å². The van der Waals surface area contributed by atoms with Crippen molar-refractivity contribution in [2.24, 2.45) is 11.7 Å². The molecule has 2 rings (SSSR count). The standard InChI is InChI=1S/C18H29N3O/c1-13(14(2)18(19)22)16-7-5-15(6-8-16)11-21-10-9-17(12-21)20(3)4/h5-8,13-14,17H,9-12H2,1-4H3,(H2,19,22)/t13-,14?,17?/m0/s1. The van der Waals surface area contributed by atoms with Crippen molar-refractivity contribution in [1.29, 1.82) is 0 Å². The molecule has 0 saturated carbocycles. The fraction of sp³-hybridized carbons (Fsp3) is 0.611. The average molecular weight is 303 g/mol. The molecule has 0 aromatic heterocycles. The lowest BCUT2D eigenvalue weighted by Crippen LogP contribution is -2.31. The highest BCUT2D eigenvalue weighted by Crippen LogP contribution is 2.25. The first-order chi connectivity index (χ1) is 10.4. The first-order valence-corrected chi connectivity index (χ1v) is 8.15. The van der Waals surface area contributed by atoms with Gasteiger partial charge in [0.05, 0.1) is 0 Å². The van der Waals surface area contributed by atoms with Crippen molar-refractivity contribution in [1.82, 2.24) is 9.80 Å². The smallest absolute Gasteiger partial charge is 0.220 e. The van der Waals surface area contributed by atoms with Gasteiger partial charge in [0.15, 0.2) is 0 Å². The number of hydrogen-bond acceptors (Lipinski definition) is 3. The van der Waals surface area contributed by atoms with Gasteiger partial charge in [-0.3, -0.25) is 9.69 Å². The van der Waals surface area contributed by atoms with Crippen LogP contribution in [0.1, 0.15) is 37.3 Å². The summed E-state index contributed by atoms with van der Waals surface area (Å²) in [5.41, 5.74) is 7.92. The van der Waals surface area contributed by atoms with Gasteiger partial charge in [0.1, 0.15) is 0 Å². The summed E-state index contributed by atoms with van der Waals surface area (Å²) in [4.78, 5) is 16.1. The normalized spacial score (nSPS) is 22.0. The van der Waals surface area contributed by atoms with Crippen LogP contribution in [0.5, 0.6) is 0 Å². The largest absolute Gasteiger partial charge is 0.369 e. The Morgan fingerprint density at radius 1 is 1.32 bits per heavy atom. The molecule has 1 aliphatic heterocycles. The van der Waals surface area contributed by atoms with Crippen LogP contribution in [-0.4, -0.2) is 48.9 Å². The van der Waals surface area contributed by atoms with E-state index >= 15 is 0 Å². The minimum atomic E-state index is -0.233. The van der Waals surface area contributed by atoms with Gasteiger partial charge in [-0.1, -0.05) is 38.1 Å². The monoisotopic (exact) mass is 303 g/mol. The summed E-state index contributed by atoms with van der Waals surface area (Å²) in [6.07, 6.45) is 1.25.